The molecule has 15 heavy (non-hydrogen) atoms. The molecule has 0 spiro atoms. The Balaban J connectivity index is 2.37. The van der Waals surface area contributed by atoms with Gasteiger partial charge in [-0.15, -0.1) is 0 Å². The Labute approximate surface area is 93.1 Å². The Kier molecular flexibility index (Phi) is 2.79. The molecule has 2 rings (SSSR count). The number of halogens is 1. The number of benzene rings is 1. The van der Waals surface area contributed by atoms with Gasteiger partial charge in [0, 0.05) is 28.5 Å². The quantitative estimate of drug-likeness (QED) is 0.770. The molecule has 0 aliphatic carbocycles. The molecule has 0 aliphatic rings. The normalized spacial score (nSPS) is 9.93. The molecule has 3 heteroatoms. The molecule has 0 bridgehead atoms. The maximum absolute atomic E-state index is 7.98. The molecular weight excluding hydrogens is 208 g/mol. The topological polar surface area (TPSA) is 36.7 Å². The third kappa shape index (κ3) is 2.22. The first kappa shape index (κ1) is 9.87. The summed E-state index contributed by atoms with van der Waals surface area (Å²) >= 11 is 5.87. The van der Waals surface area contributed by atoms with Crippen molar-refractivity contribution in [2.24, 2.45) is 0 Å². The molecule has 0 atom stereocenters. The highest BCUT2D eigenvalue weighted by molar-refractivity contribution is 6.31. The van der Waals surface area contributed by atoms with Crippen LogP contribution in [0.4, 0.5) is 0 Å². The number of pyridine rings is 1. The van der Waals surface area contributed by atoms with Crippen LogP contribution < -0.4 is 0 Å². The Bertz CT molecular complexity index is 480. The van der Waals surface area contributed by atoms with Gasteiger partial charge in [0.05, 0.1) is 5.71 Å². The predicted octanol–water partition coefficient (Wildman–Crippen LogP) is 3.15. The van der Waals surface area contributed by atoms with Crippen LogP contribution in [0.5, 0.6) is 0 Å². The standard InChI is InChI=1S/C12H9ClN2/c13-11-3-1-2-10(8-11)12(14)9-4-6-15-7-5-9/h1-8,14H. The molecule has 74 valence electrons. The van der Waals surface area contributed by atoms with Gasteiger partial charge >= 0.3 is 0 Å². The van der Waals surface area contributed by atoms with Crippen molar-refractivity contribution >= 4 is 17.3 Å². The molecule has 0 unspecified atom stereocenters. The zero-order chi connectivity index (χ0) is 10.7. The Morgan fingerprint density at radius 1 is 1.07 bits per heavy atom. The van der Waals surface area contributed by atoms with E-state index >= 15 is 0 Å². The molecule has 1 heterocycles. The molecule has 2 nitrogen and oxygen atoms in total. The summed E-state index contributed by atoms with van der Waals surface area (Å²) in [6, 6.07) is 10.9. The fourth-order valence-electron chi connectivity index (χ4n) is 1.33. The summed E-state index contributed by atoms with van der Waals surface area (Å²) in [4.78, 5) is 3.92. The Morgan fingerprint density at radius 3 is 2.47 bits per heavy atom. The van der Waals surface area contributed by atoms with Crippen LogP contribution in [0, 0.1) is 5.41 Å². The van der Waals surface area contributed by atoms with Crippen LogP contribution in [0.2, 0.25) is 5.02 Å². The van der Waals surface area contributed by atoms with Gasteiger partial charge in [-0.3, -0.25) is 10.4 Å². The Hall–Kier alpha value is -1.67. The zero-order valence-corrected chi connectivity index (χ0v) is 8.70. The molecule has 1 N–H and O–H groups in total. The van der Waals surface area contributed by atoms with Gasteiger partial charge in [-0.1, -0.05) is 23.7 Å². The van der Waals surface area contributed by atoms with E-state index in [1.807, 2.05) is 24.3 Å². The van der Waals surface area contributed by atoms with Crippen LogP contribution >= 0.6 is 11.6 Å². The van der Waals surface area contributed by atoms with Gasteiger partial charge in [-0.2, -0.15) is 0 Å². The van der Waals surface area contributed by atoms with Crippen LogP contribution in [0.3, 0.4) is 0 Å². The largest absolute Gasteiger partial charge is 0.300 e. The summed E-state index contributed by atoms with van der Waals surface area (Å²) in [5, 5.41) is 8.63. The van der Waals surface area contributed by atoms with Crippen LogP contribution in [-0.2, 0) is 0 Å². The van der Waals surface area contributed by atoms with Crippen LogP contribution in [0.1, 0.15) is 11.1 Å². The highest BCUT2D eigenvalue weighted by atomic mass is 35.5. The number of hydrogen-bond acceptors (Lipinski definition) is 2. The number of rotatable bonds is 2. The van der Waals surface area contributed by atoms with E-state index in [0.717, 1.165) is 11.1 Å². The lowest BCUT2D eigenvalue weighted by Gasteiger charge is -2.03. The van der Waals surface area contributed by atoms with Crippen molar-refractivity contribution in [3.63, 3.8) is 0 Å². The lowest BCUT2D eigenvalue weighted by atomic mass is 10.0. The zero-order valence-electron chi connectivity index (χ0n) is 7.94. The second-order valence-corrected chi connectivity index (χ2v) is 3.56. The highest BCUT2D eigenvalue weighted by Gasteiger charge is 2.03. The van der Waals surface area contributed by atoms with Gasteiger partial charge in [-0.05, 0) is 24.3 Å². The second-order valence-electron chi connectivity index (χ2n) is 3.12. The summed E-state index contributed by atoms with van der Waals surface area (Å²) in [6.45, 7) is 0. The van der Waals surface area contributed by atoms with E-state index < -0.39 is 0 Å². The van der Waals surface area contributed by atoms with Crippen molar-refractivity contribution in [1.29, 1.82) is 5.41 Å². The van der Waals surface area contributed by atoms with Crippen molar-refractivity contribution in [3.05, 3.63) is 64.9 Å². The summed E-state index contributed by atoms with van der Waals surface area (Å²) in [5.74, 6) is 0. The summed E-state index contributed by atoms with van der Waals surface area (Å²) in [7, 11) is 0. The van der Waals surface area contributed by atoms with E-state index in [1.54, 1.807) is 24.5 Å². The maximum Gasteiger partial charge on any atom is 0.0686 e. The molecule has 2 aromatic rings. The molecular formula is C12H9ClN2. The second kappa shape index (κ2) is 4.24. The van der Waals surface area contributed by atoms with Crippen LogP contribution in [0.15, 0.2) is 48.8 Å². The first-order valence-corrected chi connectivity index (χ1v) is 4.90. The summed E-state index contributed by atoms with van der Waals surface area (Å²) in [5.41, 5.74) is 2.11. The minimum Gasteiger partial charge on any atom is -0.300 e. The summed E-state index contributed by atoms with van der Waals surface area (Å²) < 4.78 is 0. The average Bonchev–Trinajstić information content (AvgIpc) is 2.29. The molecule has 1 aromatic carbocycles. The van der Waals surface area contributed by atoms with Crippen molar-refractivity contribution in [2.75, 3.05) is 0 Å². The van der Waals surface area contributed by atoms with Gasteiger partial charge in [0.25, 0.3) is 0 Å². The molecule has 0 saturated heterocycles. The first-order chi connectivity index (χ1) is 7.27. The van der Waals surface area contributed by atoms with E-state index in [1.165, 1.54) is 0 Å². The van der Waals surface area contributed by atoms with E-state index in [9.17, 15) is 0 Å². The minimum atomic E-state index is 0.458. The maximum atomic E-state index is 7.98. The van der Waals surface area contributed by atoms with Crippen LogP contribution in [0.25, 0.3) is 0 Å². The van der Waals surface area contributed by atoms with Crippen molar-refractivity contribution in [1.82, 2.24) is 4.98 Å². The monoisotopic (exact) mass is 216 g/mol. The third-order valence-electron chi connectivity index (χ3n) is 2.08. The number of hydrogen-bond donors (Lipinski definition) is 1. The highest BCUT2D eigenvalue weighted by Crippen LogP contribution is 2.14. The SMILES string of the molecule is N=C(c1ccncc1)c1cccc(Cl)c1. The number of nitrogens with one attached hydrogen (secondary N) is 1. The lowest BCUT2D eigenvalue weighted by Crippen LogP contribution is -2.00. The van der Waals surface area contributed by atoms with E-state index in [2.05, 4.69) is 4.98 Å². The smallest absolute Gasteiger partial charge is 0.0686 e. The van der Waals surface area contributed by atoms with Crippen LogP contribution in [-0.4, -0.2) is 10.7 Å². The van der Waals surface area contributed by atoms with Crippen molar-refractivity contribution in [3.8, 4) is 0 Å². The van der Waals surface area contributed by atoms with Gasteiger partial charge in [0.15, 0.2) is 0 Å². The fourth-order valence-corrected chi connectivity index (χ4v) is 1.52. The van der Waals surface area contributed by atoms with Gasteiger partial charge < -0.3 is 0 Å². The summed E-state index contributed by atoms with van der Waals surface area (Å²) in [6.07, 6.45) is 3.35. The minimum absolute atomic E-state index is 0.458. The predicted molar refractivity (Wildman–Crippen MR) is 61.6 cm³/mol. The average molecular weight is 217 g/mol. The Morgan fingerprint density at radius 2 is 1.80 bits per heavy atom. The van der Waals surface area contributed by atoms with Crippen molar-refractivity contribution < 1.29 is 0 Å². The molecule has 0 fully saturated rings. The molecule has 0 aliphatic heterocycles. The molecule has 0 saturated carbocycles. The third-order valence-corrected chi connectivity index (χ3v) is 2.32. The number of nitrogens with zero attached hydrogens (tertiary/aromatic N) is 1. The molecule has 0 amide bonds. The van der Waals surface area contributed by atoms with Gasteiger partial charge in [0.2, 0.25) is 0 Å². The number of aromatic nitrogens is 1. The van der Waals surface area contributed by atoms with E-state index in [4.69, 9.17) is 17.0 Å². The molecule has 1 aromatic heterocycles. The van der Waals surface area contributed by atoms with Gasteiger partial charge in [-0.25, -0.2) is 0 Å². The fraction of sp³-hybridized carbons (Fsp3) is 0. The molecule has 0 radical (unpaired) electrons. The first-order valence-electron chi connectivity index (χ1n) is 4.52. The van der Waals surface area contributed by atoms with Gasteiger partial charge in [0.1, 0.15) is 0 Å². The van der Waals surface area contributed by atoms with E-state index in [-0.39, 0.29) is 0 Å². The van der Waals surface area contributed by atoms with Crippen molar-refractivity contribution in [2.45, 2.75) is 0 Å². The van der Waals surface area contributed by atoms with E-state index in [0.29, 0.717) is 10.7 Å². The lowest BCUT2D eigenvalue weighted by molar-refractivity contribution is 1.31.